The first-order valence-corrected chi connectivity index (χ1v) is 9.40. The lowest BCUT2D eigenvalue weighted by molar-refractivity contribution is -0.0222. The summed E-state index contributed by atoms with van der Waals surface area (Å²) >= 11 is 0. The van der Waals surface area contributed by atoms with E-state index in [9.17, 15) is 8.78 Å². The Morgan fingerprint density at radius 3 is 2.57 bits per heavy atom. The molecule has 1 fully saturated rings. The fourth-order valence-electron chi connectivity index (χ4n) is 3.57. The van der Waals surface area contributed by atoms with Crippen molar-refractivity contribution >= 4 is 28.6 Å². The predicted octanol–water partition coefficient (Wildman–Crippen LogP) is 4.09. The Morgan fingerprint density at radius 2 is 1.86 bits per heavy atom. The van der Waals surface area contributed by atoms with E-state index in [0.717, 1.165) is 16.9 Å². The first kappa shape index (κ1) is 18.5. The summed E-state index contributed by atoms with van der Waals surface area (Å²) in [7, 11) is 0. The van der Waals surface area contributed by atoms with E-state index in [1.165, 1.54) is 0 Å². The zero-order valence-corrected chi connectivity index (χ0v) is 16.2. The number of nitrogens with one attached hydrogen (secondary N) is 1. The van der Waals surface area contributed by atoms with Crippen LogP contribution in [0.2, 0.25) is 0 Å². The first-order chi connectivity index (χ1) is 13.3. The van der Waals surface area contributed by atoms with E-state index in [0.29, 0.717) is 17.6 Å². The van der Waals surface area contributed by atoms with Gasteiger partial charge in [-0.3, -0.25) is 0 Å². The van der Waals surface area contributed by atoms with Crippen molar-refractivity contribution in [3.63, 3.8) is 0 Å². The molecule has 4 rings (SSSR count). The van der Waals surface area contributed by atoms with Gasteiger partial charge in [0.15, 0.2) is 0 Å². The number of aromatic nitrogens is 5. The van der Waals surface area contributed by atoms with E-state index in [4.69, 9.17) is 0 Å². The molecule has 0 amide bonds. The van der Waals surface area contributed by atoms with Gasteiger partial charge in [-0.15, -0.1) is 0 Å². The SMILES string of the molecule is Cc1nc2cnc(Nc3ccnc(N4CCC(F)(F)CC4)n3)cc2n1C(C)C. The van der Waals surface area contributed by atoms with Crippen LogP contribution in [0.25, 0.3) is 11.0 Å². The molecule has 3 aromatic heterocycles. The standard InChI is InChI=1S/C19H23F2N7/c1-12(2)28-13(3)24-14-11-23-17(10-15(14)28)25-16-4-7-22-18(26-16)27-8-5-19(20,21)6-9-27/h4,7,10-12H,5-6,8-9H2,1-3H3,(H,22,23,25,26). The Bertz CT molecular complexity index is 989. The third-order valence-electron chi connectivity index (χ3n) is 4.95. The molecule has 148 valence electrons. The molecule has 0 bridgehead atoms. The second kappa shape index (κ2) is 6.96. The molecule has 1 aliphatic heterocycles. The number of piperidine rings is 1. The number of fused-ring (bicyclic) bond motifs is 1. The van der Waals surface area contributed by atoms with Crippen molar-refractivity contribution in [1.82, 2.24) is 24.5 Å². The molecule has 4 heterocycles. The highest BCUT2D eigenvalue weighted by atomic mass is 19.3. The Kier molecular flexibility index (Phi) is 4.60. The summed E-state index contributed by atoms with van der Waals surface area (Å²) in [6.45, 7) is 6.69. The van der Waals surface area contributed by atoms with E-state index >= 15 is 0 Å². The Labute approximate surface area is 161 Å². The Hall–Kier alpha value is -2.84. The highest BCUT2D eigenvalue weighted by Gasteiger charge is 2.34. The fraction of sp³-hybridized carbons (Fsp3) is 0.474. The molecule has 7 nitrogen and oxygen atoms in total. The molecule has 0 saturated carbocycles. The van der Waals surface area contributed by atoms with Crippen LogP contribution < -0.4 is 10.2 Å². The van der Waals surface area contributed by atoms with Crippen LogP contribution in [-0.4, -0.2) is 43.5 Å². The quantitative estimate of drug-likeness (QED) is 0.727. The number of rotatable bonds is 4. The zero-order valence-electron chi connectivity index (χ0n) is 16.2. The second-order valence-electron chi connectivity index (χ2n) is 7.39. The molecule has 9 heteroatoms. The van der Waals surface area contributed by atoms with Crippen LogP contribution in [0.5, 0.6) is 0 Å². The van der Waals surface area contributed by atoms with Crippen molar-refractivity contribution in [2.24, 2.45) is 0 Å². The van der Waals surface area contributed by atoms with Gasteiger partial charge in [0.05, 0.1) is 11.7 Å². The van der Waals surface area contributed by atoms with E-state index in [1.54, 1.807) is 23.4 Å². The molecule has 0 aromatic carbocycles. The molecule has 1 saturated heterocycles. The van der Waals surface area contributed by atoms with Crippen LogP contribution in [-0.2, 0) is 0 Å². The highest BCUT2D eigenvalue weighted by Crippen LogP contribution is 2.29. The molecule has 1 N–H and O–H groups in total. The summed E-state index contributed by atoms with van der Waals surface area (Å²) in [6.07, 6.45) is 3.01. The van der Waals surface area contributed by atoms with Crippen molar-refractivity contribution < 1.29 is 8.78 Å². The van der Waals surface area contributed by atoms with Crippen LogP contribution in [0.1, 0.15) is 38.6 Å². The van der Waals surface area contributed by atoms with Gasteiger partial charge in [-0.2, -0.15) is 4.98 Å². The van der Waals surface area contributed by atoms with E-state index in [1.807, 2.05) is 13.0 Å². The van der Waals surface area contributed by atoms with E-state index in [2.05, 4.69) is 43.7 Å². The molecule has 0 atom stereocenters. The molecule has 1 aliphatic rings. The normalized spacial score (nSPS) is 16.7. The summed E-state index contributed by atoms with van der Waals surface area (Å²) in [5.41, 5.74) is 1.84. The maximum Gasteiger partial charge on any atom is 0.251 e. The smallest absolute Gasteiger partial charge is 0.251 e. The van der Waals surface area contributed by atoms with Crippen molar-refractivity contribution in [3.05, 3.63) is 30.4 Å². The van der Waals surface area contributed by atoms with Gasteiger partial charge in [0, 0.05) is 44.2 Å². The number of hydrogen-bond acceptors (Lipinski definition) is 6. The van der Waals surface area contributed by atoms with Crippen LogP contribution in [0, 0.1) is 6.92 Å². The minimum Gasteiger partial charge on any atom is -0.340 e. The second-order valence-corrected chi connectivity index (χ2v) is 7.39. The van der Waals surface area contributed by atoms with Crippen LogP contribution in [0.4, 0.5) is 26.4 Å². The maximum absolute atomic E-state index is 13.4. The summed E-state index contributed by atoms with van der Waals surface area (Å²) in [5, 5.41) is 3.19. The Morgan fingerprint density at radius 1 is 1.11 bits per heavy atom. The van der Waals surface area contributed by atoms with Gasteiger partial charge < -0.3 is 14.8 Å². The molecule has 3 aromatic rings. The maximum atomic E-state index is 13.4. The minimum absolute atomic E-state index is 0.176. The van der Waals surface area contributed by atoms with Crippen LogP contribution in [0.15, 0.2) is 24.5 Å². The van der Waals surface area contributed by atoms with E-state index in [-0.39, 0.29) is 32.0 Å². The minimum atomic E-state index is -2.59. The van der Waals surface area contributed by atoms with Gasteiger partial charge in [0.1, 0.15) is 23.0 Å². The average molecular weight is 387 g/mol. The number of anilines is 3. The van der Waals surface area contributed by atoms with Gasteiger partial charge in [0.25, 0.3) is 5.92 Å². The number of pyridine rings is 1. The van der Waals surface area contributed by atoms with Crippen LogP contribution >= 0.6 is 0 Å². The van der Waals surface area contributed by atoms with E-state index < -0.39 is 5.92 Å². The van der Waals surface area contributed by atoms with Gasteiger partial charge in [0.2, 0.25) is 5.95 Å². The molecular formula is C19H23F2N7. The predicted molar refractivity (Wildman–Crippen MR) is 104 cm³/mol. The number of alkyl halides is 2. The Balaban J connectivity index is 1.57. The number of nitrogens with zero attached hydrogens (tertiary/aromatic N) is 6. The summed E-state index contributed by atoms with van der Waals surface area (Å²) in [4.78, 5) is 19.5. The molecule has 0 unspecified atom stereocenters. The zero-order chi connectivity index (χ0) is 19.9. The topological polar surface area (TPSA) is 71.8 Å². The number of imidazole rings is 1. The van der Waals surface area contributed by atoms with Crippen molar-refractivity contribution in [2.75, 3.05) is 23.3 Å². The third-order valence-corrected chi connectivity index (χ3v) is 4.95. The van der Waals surface area contributed by atoms with Gasteiger partial charge >= 0.3 is 0 Å². The lowest BCUT2D eigenvalue weighted by Gasteiger charge is -2.31. The van der Waals surface area contributed by atoms with Crippen molar-refractivity contribution in [2.45, 2.75) is 45.6 Å². The number of hydrogen-bond donors (Lipinski definition) is 1. The monoisotopic (exact) mass is 387 g/mol. The molecule has 0 aliphatic carbocycles. The van der Waals surface area contributed by atoms with Gasteiger partial charge in [-0.05, 0) is 26.8 Å². The largest absolute Gasteiger partial charge is 0.340 e. The summed E-state index contributed by atoms with van der Waals surface area (Å²) in [5.74, 6) is 0.00822. The number of halogens is 2. The van der Waals surface area contributed by atoms with Crippen LogP contribution in [0.3, 0.4) is 0 Å². The highest BCUT2D eigenvalue weighted by molar-refractivity contribution is 5.79. The lowest BCUT2D eigenvalue weighted by Crippen LogP contribution is -2.40. The summed E-state index contributed by atoms with van der Waals surface area (Å²) < 4.78 is 28.9. The lowest BCUT2D eigenvalue weighted by atomic mass is 10.1. The molecule has 0 radical (unpaired) electrons. The van der Waals surface area contributed by atoms with Gasteiger partial charge in [-0.1, -0.05) is 0 Å². The molecule has 28 heavy (non-hydrogen) atoms. The number of aryl methyl sites for hydroxylation is 1. The molecular weight excluding hydrogens is 364 g/mol. The van der Waals surface area contributed by atoms with Crippen molar-refractivity contribution in [3.8, 4) is 0 Å². The average Bonchev–Trinajstić information content (AvgIpc) is 2.97. The molecule has 0 spiro atoms. The third kappa shape index (κ3) is 3.61. The summed E-state index contributed by atoms with van der Waals surface area (Å²) in [6, 6.07) is 3.96. The van der Waals surface area contributed by atoms with Crippen molar-refractivity contribution in [1.29, 1.82) is 0 Å². The van der Waals surface area contributed by atoms with Gasteiger partial charge in [-0.25, -0.2) is 23.7 Å². The first-order valence-electron chi connectivity index (χ1n) is 9.40. The fourth-order valence-corrected chi connectivity index (χ4v) is 3.57.